The summed E-state index contributed by atoms with van der Waals surface area (Å²) in [6, 6.07) is 16.1. The van der Waals surface area contributed by atoms with Gasteiger partial charge in [-0.05, 0) is 56.7 Å². The Kier molecular flexibility index (Phi) is 4.49. The van der Waals surface area contributed by atoms with Crippen LogP contribution in [0.15, 0.2) is 67.8 Å². The van der Waals surface area contributed by atoms with Crippen LogP contribution in [0, 0.1) is 13.8 Å². The first-order valence-corrected chi connectivity index (χ1v) is 9.43. The first-order valence-electron chi connectivity index (χ1n) is 8.61. The lowest BCUT2D eigenvalue weighted by molar-refractivity contribution is 0.0953. The molecular weight excluding hydrogens is 358 g/mol. The van der Waals surface area contributed by atoms with Crippen LogP contribution < -0.4 is 10.7 Å². The minimum Gasteiger partial charge on any atom is -0.466 e. The van der Waals surface area contributed by atoms with E-state index in [0.29, 0.717) is 17.1 Å². The summed E-state index contributed by atoms with van der Waals surface area (Å²) in [6.07, 6.45) is 0. The van der Waals surface area contributed by atoms with Gasteiger partial charge in [0.05, 0.1) is 22.6 Å². The molecule has 0 bridgehead atoms. The molecule has 1 amide bonds. The number of fused-ring (bicyclic) bond motifs is 2. The molecular formula is C21H19N3O2S. The number of rotatable bonds is 3. The van der Waals surface area contributed by atoms with Gasteiger partial charge >= 0.3 is 0 Å². The number of carbonyl (C=O) groups excluding carboxylic acids is 1. The van der Waals surface area contributed by atoms with Crippen LogP contribution in [0.2, 0.25) is 0 Å². The third kappa shape index (κ3) is 3.48. The molecule has 4 rings (SSSR count). The summed E-state index contributed by atoms with van der Waals surface area (Å²) in [7, 11) is 0. The van der Waals surface area contributed by atoms with Crippen LogP contribution in [0.3, 0.4) is 0 Å². The molecule has 2 heterocycles. The summed E-state index contributed by atoms with van der Waals surface area (Å²) >= 11 is 1.74. The number of benzene rings is 2. The van der Waals surface area contributed by atoms with Gasteiger partial charge in [-0.1, -0.05) is 30.0 Å². The molecule has 6 heteroatoms. The van der Waals surface area contributed by atoms with Crippen LogP contribution in [0.5, 0.6) is 0 Å². The third-order valence-corrected chi connectivity index (χ3v) is 5.54. The Bertz CT molecular complexity index is 1070. The van der Waals surface area contributed by atoms with Gasteiger partial charge in [0.25, 0.3) is 5.91 Å². The summed E-state index contributed by atoms with van der Waals surface area (Å²) in [4.78, 5) is 14.7. The first kappa shape index (κ1) is 17.4. The van der Waals surface area contributed by atoms with Crippen molar-refractivity contribution in [1.29, 1.82) is 0 Å². The third-order valence-electron chi connectivity index (χ3n) is 4.38. The molecule has 2 aromatic carbocycles. The number of hydrogen-bond donors (Lipinski definition) is 2. The second kappa shape index (κ2) is 6.96. The Balaban J connectivity index is 1.53. The van der Waals surface area contributed by atoms with E-state index < -0.39 is 0 Å². The molecule has 0 saturated carbocycles. The van der Waals surface area contributed by atoms with Crippen molar-refractivity contribution in [3.8, 4) is 0 Å². The number of anilines is 2. The van der Waals surface area contributed by atoms with E-state index in [0.717, 1.165) is 22.6 Å². The zero-order chi connectivity index (χ0) is 19.0. The van der Waals surface area contributed by atoms with Crippen molar-refractivity contribution < 1.29 is 9.21 Å². The highest BCUT2D eigenvalue weighted by Crippen LogP contribution is 2.44. The lowest BCUT2D eigenvalue weighted by Crippen LogP contribution is -2.19. The Hall–Kier alpha value is -2.99. The monoisotopic (exact) mass is 377 g/mol. The summed E-state index contributed by atoms with van der Waals surface area (Å²) in [6.45, 7) is 5.46. The van der Waals surface area contributed by atoms with Crippen molar-refractivity contribution in [3.05, 3.63) is 71.2 Å². The van der Waals surface area contributed by atoms with Crippen LogP contribution >= 0.6 is 11.8 Å². The molecule has 3 aromatic rings. The Morgan fingerprint density at radius 1 is 1.07 bits per heavy atom. The van der Waals surface area contributed by atoms with Gasteiger partial charge in [0.1, 0.15) is 11.5 Å². The molecule has 5 nitrogen and oxygen atoms in total. The van der Waals surface area contributed by atoms with E-state index in [1.807, 2.05) is 32.0 Å². The average molecular weight is 377 g/mol. The van der Waals surface area contributed by atoms with Gasteiger partial charge < -0.3 is 9.73 Å². The van der Waals surface area contributed by atoms with Gasteiger partial charge in [0.2, 0.25) is 0 Å². The fraction of sp³-hybridized carbons (Fsp3) is 0.143. The van der Waals surface area contributed by atoms with Crippen molar-refractivity contribution in [1.82, 2.24) is 5.43 Å². The highest BCUT2D eigenvalue weighted by Gasteiger charge is 2.16. The van der Waals surface area contributed by atoms with Crippen LogP contribution in [0.4, 0.5) is 11.4 Å². The second-order valence-electron chi connectivity index (χ2n) is 6.40. The van der Waals surface area contributed by atoms with Crippen molar-refractivity contribution in [2.24, 2.45) is 5.10 Å². The Morgan fingerprint density at radius 3 is 2.63 bits per heavy atom. The van der Waals surface area contributed by atoms with E-state index in [9.17, 15) is 4.79 Å². The average Bonchev–Trinajstić information content (AvgIpc) is 3.01. The highest BCUT2D eigenvalue weighted by molar-refractivity contribution is 7.99. The van der Waals surface area contributed by atoms with Crippen LogP contribution in [0.25, 0.3) is 0 Å². The molecule has 0 spiro atoms. The van der Waals surface area contributed by atoms with Crippen molar-refractivity contribution in [3.63, 3.8) is 0 Å². The van der Waals surface area contributed by atoms with E-state index in [1.54, 1.807) is 24.8 Å². The van der Waals surface area contributed by atoms with Gasteiger partial charge in [-0.25, -0.2) is 5.43 Å². The van der Waals surface area contributed by atoms with Gasteiger partial charge in [-0.2, -0.15) is 5.10 Å². The Labute approximate surface area is 161 Å². The summed E-state index contributed by atoms with van der Waals surface area (Å²) in [5.74, 6) is 1.02. The number of furan rings is 1. The molecule has 0 fully saturated rings. The van der Waals surface area contributed by atoms with Crippen LogP contribution in [-0.4, -0.2) is 11.6 Å². The number of hydrogen-bond acceptors (Lipinski definition) is 5. The Morgan fingerprint density at radius 2 is 1.85 bits per heavy atom. The number of hydrazone groups is 1. The number of aryl methyl sites for hydroxylation is 2. The first-order chi connectivity index (χ1) is 13.0. The molecule has 0 saturated heterocycles. The smallest absolute Gasteiger partial charge is 0.274 e. The molecule has 0 unspecified atom stereocenters. The molecule has 1 aliphatic rings. The molecule has 0 atom stereocenters. The summed E-state index contributed by atoms with van der Waals surface area (Å²) in [5, 5.41) is 7.72. The molecule has 27 heavy (non-hydrogen) atoms. The van der Waals surface area contributed by atoms with Gasteiger partial charge in [0.15, 0.2) is 0 Å². The minimum atomic E-state index is -0.274. The summed E-state index contributed by atoms with van der Waals surface area (Å²) in [5.41, 5.74) is 6.93. The van der Waals surface area contributed by atoms with Gasteiger partial charge in [0, 0.05) is 9.79 Å². The van der Waals surface area contributed by atoms with E-state index in [4.69, 9.17) is 4.42 Å². The number of para-hydroxylation sites is 1. The van der Waals surface area contributed by atoms with Crippen molar-refractivity contribution >= 4 is 34.8 Å². The van der Waals surface area contributed by atoms with Crippen molar-refractivity contribution in [2.45, 2.75) is 30.6 Å². The molecule has 0 radical (unpaired) electrons. The molecule has 1 aliphatic heterocycles. The van der Waals surface area contributed by atoms with E-state index >= 15 is 0 Å². The number of nitrogens with zero attached hydrogens (tertiary/aromatic N) is 1. The second-order valence-corrected chi connectivity index (χ2v) is 7.48. The van der Waals surface area contributed by atoms with E-state index in [1.165, 1.54) is 9.79 Å². The zero-order valence-electron chi connectivity index (χ0n) is 15.3. The maximum atomic E-state index is 12.3. The standard InChI is InChI=1S/C21H19N3O2S/c1-12-10-16(14(3)26-12)21(25)24-23-13(2)15-8-9-20-18(11-15)22-17-6-4-5-7-19(17)27-20/h4-11,22H,1-3H3,(H,24,25). The van der Waals surface area contributed by atoms with Crippen molar-refractivity contribution in [2.75, 3.05) is 5.32 Å². The molecule has 0 aliphatic carbocycles. The largest absolute Gasteiger partial charge is 0.466 e. The predicted molar refractivity (Wildman–Crippen MR) is 108 cm³/mol. The highest BCUT2D eigenvalue weighted by atomic mass is 32.2. The SMILES string of the molecule is CC(=NNC(=O)c1cc(C)oc1C)c1ccc2c(c1)Nc1ccccc1S2. The van der Waals surface area contributed by atoms with Crippen LogP contribution in [-0.2, 0) is 0 Å². The fourth-order valence-electron chi connectivity index (χ4n) is 2.98. The lowest BCUT2D eigenvalue weighted by Gasteiger charge is -2.21. The zero-order valence-corrected chi connectivity index (χ0v) is 16.1. The van der Waals surface area contributed by atoms with Gasteiger partial charge in [-0.3, -0.25) is 4.79 Å². The number of carbonyl (C=O) groups is 1. The maximum absolute atomic E-state index is 12.3. The number of amides is 1. The van der Waals surface area contributed by atoms with E-state index in [2.05, 4.69) is 40.1 Å². The minimum absolute atomic E-state index is 0.274. The quantitative estimate of drug-likeness (QED) is 0.378. The normalized spacial score (nSPS) is 12.8. The predicted octanol–water partition coefficient (Wildman–Crippen LogP) is 5.26. The summed E-state index contributed by atoms with van der Waals surface area (Å²) < 4.78 is 5.40. The molecule has 2 N–H and O–H groups in total. The van der Waals surface area contributed by atoms with E-state index in [-0.39, 0.29) is 5.91 Å². The van der Waals surface area contributed by atoms with Crippen LogP contribution in [0.1, 0.15) is 34.4 Å². The fourth-order valence-corrected chi connectivity index (χ4v) is 3.95. The maximum Gasteiger partial charge on any atom is 0.274 e. The topological polar surface area (TPSA) is 66.6 Å². The van der Waals surface area contributed by atoms with Gasteiger partial charge in [-0.15, -0.1) is 0 Å². The molecule has 1 aromatic heterocycles. The number of nitrogens with one attached hydrogen (secondary N) is 2. The molecule has 136 valence electrons. The lowest BCUT2D eigenvalue weighted by atomic mass is 10.1.